The SMILES string of the molecule is c1ccc(C2=NC(c3cc(-c4cccc5oc6c(-c7ccc8ccccc8c7)cccc6c45)c4ccccc4c3)=NC(c3ccc(-c4ccccc4)cc3)N2)cc1. The van der Waals surface area contributed by atoms with Crippen LogP contribution in [-0.2, 0) is 0 Å². The maximum Gasteiger partial charge on any atom is 0.159 e. The second-order valence-corrected chi connectivity index (χ2v) is 14.6. The summed E-state index contributed by atoms with van der Waals surface area (Å²) < 4.78 is 6.78. The third kappa shape index (κ3) is 5.87. The van der Waals surface area contributed by atoms with Crippen LogP contribution < -0.4 is 5.32 Å². The quantitative estimate of drug-likeness (QED) is 0.185. The number of furan rings is 1. The van der Waals surface area contributed by atoms with Crippen molar-refractivity contribution in [2.45, 2.75) is 6.17 Å². The Kier molecular flexibility index (Phi) is 7.85. The van der Waals surface area contributed by atoms with Crippen molar-refractivity contribution in [1.29, 1.82) is 0 Å². The van der Waals surface area contributed by atoms with Crippen LogP contribution in [0.1, 0.15) is 22.9 Å². The predicted molar refractivity (Wildman–Crippen MR) is 237 cm³/mol. The fourth-order valence-corrected chi connectivity index (χ4v) is 8.30. The molecule has 1 aromatic heterocycles. The van der Waals surface area contributed by atoms with Crippen molar-refractivity contribution in [3.63, 3.8) is 0 Å². The lowest BCUT2D eigenvalue weighted by molar-refractivity contribution is 0.670. The molecule has 2 heterocycles. The molecule has 4 heteroatoms. The highest BCUT2D eigenvalue weighted by Crippen LogP contribution is 2.43. The molecular formula is C53H35N3O. The number of aliphatic imine (C=N–C) groups is 2. The van der Waals surface area contributed by atoms with E-state index in [0.29, 0.717) is 5.84 Å². The minimum absolute atomic E-state index is 0.331. The summed E-state index contributed by atoms with van der Waals surface area (Å²) in [6, 6.07) is 70.5. The van der Waals surface area contributed by atoms with Crippen molar-refractivity contribution in [1.82, 2.24) is 5.32 Å². The molecule has 0 amide bonds. The molecule has 9 aromatic carbocycles. The van der Waals surface area contributed by atoms with Gasteiger partial charge in [0.25, 0.3) is 0 Å². The molecule has 0 fully saturated rings. The largest absolute Gasteiger partial charge is 0.455 e. The number of rotatable bonds is 6. The second-order valence-electron chi connectivity index (χ2n) is 14.6. The van der Waals surface area contributed by atoms with Gasteiger partial charge >= 0.3 is 0 Å². The number of benzene rings is 9. The summed E-state index contributed by atoms with van der Waals surface area (Å²) in [5.41, 5.74) is 11.5. The van der Waals surface area contributed by atoms with E-state index in [4.69, 9.17) is 14.4 Å². The van der Waals surface area contributed by atoms with Crippen LogP contribution in [-0.4, -0.2) is 11.7 Å². The van der Waals surface area contributed by atoms with Gasteiger partial charge in [-0.15, -0.1) is 0 Å². The van der Waals surface area contributed by atoms with Crippen molar-refractivity contribution < 1.29 is 4.42 Å². The maximum atomic E-state index is 6.78. The summed E-state index contributed by atoms with van der Waals surface area (Å²) in [5.74, 6) is 1.47. The lowest BCUT2D eigenvalue weighted by Gasteiger charge is -2.24. The maximum absolute atomic E-state index is 6.78. The smallest absolute Gasteiger partial charge is 0.159 e. The predicted octanol–water partition coefficient (Wildman–Crippen LogP) is 13.4. The Balaban J connectivity index is 1.07. The standard InChI is InChI=1S/C53H35N3O/c1-3-13-34(14-4-1)36-25-28-38(29-26-36)52-54-51(37-16-5-2-6-17-37)55-53(56-52)42-32-40-19-9-10-20-43(40)47(33-42)45-22-12-24-48-49(45)46-23-11-21-44(50(46)57-48)41-30-27-35-15-7-8-18-39(35)31-41/h1-33,52H,(H,54,55,56). The van der Waals surface area contributed by atoms with Crippen molar-refractivity contribution in [2.75, 3.05) is 0 Å². The molecule has 1 aliphatic heterocycles. The Hall–Kier alpha value is -7.56. The molecule has 10 aromatic rings. The lowest BCUT2D eigenvalue weighted by Crippen LogP contribution is -2.33. The van der Waals surface area contributed by atoms with Crippen LogP contribution in [0.5, 0.6) is 0 Å². The van der Waals surface area contributed by atoms with Gasteiger partial charge in [0, 0.05) is 27.5 Å². The minimum atomic E-state index is -0.331. The summed E-state index contributed by atoms with van der Waals surface area (Å²) in [6.07, 6.45) is -0.331. The highest BCUT2D eigenvalue weighted by Gasteiger charge is 2.23. The molecule has 4 nitrogen and oxygen atoms in total. The molecule has 0 radical (unpaired) electrons. The Bertz CT molecular complexity index is 3200. The van der Waals surface area contributed by atoms with E-state index in [9.17, 15) is 0 Å². The highest BCUT2D eigenvalue weighted by molar-refractivity contribution is 6.20. The van der Waals surface area contributed by atoms with Crippen molar-refractivity contribution in [3.8, 4) is 33.4 Å². The zero-order chi connectivity index (χ0) is 37.7. The minimum Gasteiger partial charge on any atom is -0.455 e. The molecule has 0 bridgehead atoms. The number of nitrogens with zero attached hydrogens (tertiary/aromatic N) is 2. The molecule has 1 N–H and O–H groups in total. The van der Waals surface area contributed by atoms with Gasteiger partial charge in [-0.25, -0.2) is 9.98 Å². The summed E-state index contributed by atoms with van der Waals surface area (Å²) in [7, 11) is 0. The summed E-state index contributed by atoms with van der Waals surface area (Å²) in [6.45, 7) is 0. The first kappa shape index (κ1) is 32.8. The van der Waals surface area contributed by atoms with E-state index in [1.54, 1.807) is 0 Å². The van der Waals surface area contributed by atoms with Crippen molar-refractivity contribution in [2.24, 2.45) is 9.98 Å². The molecule has 268 valence electrons. The Morgan fingerprint density at radius 2 is 1.05 bits per heavy atom. The zero-order valence-electron chi connectivity index (χ0n) is 30.9. The first-order valence-corrected chi connectivity index (χ1v) is 19.3. The molecule has 1 unspecified atom stereocenters. The van der Waals surface area contributed by atoms with Gasteiger partial charge in [0.15, 0.2) is 5.84 Å². The molecule has 57 heavy (non-hydrogen) atoms. The number of para-hydroxylation sites is 1. The molecule has 0 saturated carbocycles. The van der Waals surface area contributed by atoms with Gasteiger partial charge in [0.05, 0.1) is 0 Å². The molecule has 0 saturated heterocycles. The van der Waals surface area contributed by atoms with E-state index in [1.807, 2.05) is 24.3 Å². The molecule has 0 aliphatic carbocycles. The van der Waals surface area contributed by atoms with Crippen LogP contribution >= 0.6 is 0 Å². The van der Waals surface area contributed by atoms with Crippen molar-refractivity contribution >= 4 is 55.2 Å². The van der Waals surface area contributed by atoms with Gasteiger partial charge < -0.3 is 9.73 Å². The van der Waals surface area contributed by atoms with E-state index in [2.05, 4.69) is 181 Å². The normalized spacial score (nSPS) is 14.1. The first-order valence-electron chi connectivity index (χ1n) is 19.3. The van der Waals surface area contributed by atoms with E-state index in [1.165, 1.54) is 21.9 Å². The van der Waals surface area contributed by atoms with Crippen LogP contribution in [0, 0.1) is 0 Å². The summed E-state index contributed by atoms with van der Waals surface area (Å²) >= 11 is 0. The Morgan fingerprint density at radius 1 is 0.421 bits per heavy atom. The first-order chi connectivity index (χ1) is 28.2. The topological polar surface area (TPSA) is 49.9 Å². The number of hydrogen-bond donors (Lipinski definition) is 1. The average molecular weight is 730 g/mol. The van der Waals surface area contributed by atoms with Gasteiger partial charge in [0.2, 0.25) is 0 Å². The van der Waals surface area contributed by atoms with Crippen LogP contribution in [0.25, 0.3) is 76.9 Å². The van der Waals surface area contributed by atoms with Crippen LogP contribution in [0.3, 0.4) is 0 Å². The van der Waals surface area contributed by atoms with Gasteiger partial charge in [-0.3, -0.25) is 0 Å². The summed E-state index contributed by atoms with van der Waals surface area (Å²) in [5, 5.41) is 10.5. The zero-order valence-corrected chi connectivity index (χ0v) is 30.9. The fourth-order valence-electron chi connectivity index (χ4n) is 8.30. The van der Waals surface area contributed by atoms with Crippen molar-refractivity contribution in [3.05, 3.63) is 217 Å². The monoisotopic (exact) mass is 729 g/mol. The Morgan fingerprint density at radius 3 is 1.88 bits per heavy atom. The third-order valence-electron chi connectivity index (χ3n) is 11.1. The number of amidine groups is 2. The van der Waals surface area contributed by atoms with Crippen LogP contribution in [0.2, 0.25) is 0 Å². The van der Waals surface area contributed by atoms with Gasteiger partial charge in [-0.1, -0.05) is 176 Å². The molecule has 1 atom stereocenters. The second kappa shape index (κ2) is 13.6. The van der Waals surface area contributed by atoms with Gasteiger partial charge in [-0.2, -0.15) is 0 Å². The fraction of sp³-hybridized carbons (Fsp3) is 0.0189. The number of hydrogen-bond acceptors (Lipinski definition) is 4. The van der Waals surface area contributed by atoms with E-state index in [0.717, 1.165) is 77.5 Å². The van der Waals surface area contributed by atoms with Gasteiger partial charge in [-0.05, 0) is 79.2 Å². The van der Waals surface area contributed by atoms with Crippen LogP contribution in [0.15, 0.2) is 215 Å². The molecule has 1 aliphatic rings. The number of nitrogens with one attached hydrogen (secondary N) is 1. The van der Waals surface area contributed by atoms with E-state index >= 15 is 0 Å². The Labute approximate surface area is 330 Å². The van der Waals surface area contributed by atoms with Crippen LogP contribution in [0.4, 0.5) is 0 Å². The molecular weight excluding hydrogens is 695 g/mol. The third-order valence-corrected chi connectivity index (χ3v) is 11.1. The lowest BCUT2D eigenvalue weighted by atomic mass is 9.92. The van der Waals surface area contributed by atoms with Gasteiger partial charge in [0.1, 0.15) is 23.2 Å². The molecule has 11 rings (SSSR count). The average Bonchev–Trinajstić information content (AvgIpc) is 3.68. The van der Waals surface area contributed by atoms with E-state index < -0.39 is 0 Å². The number of fused-ring (bicyclic) bond motifs is 5. The highest BCUT2D eigenvalue weighted by atomic mass is 16.3. The molecule has 0 spiro atoms. The summed E-state index contributed by atoms with van der Waals surface area (Å²) in [4.78, 5) is 10.5. The van der Waals surface area contributed by atoms with E-state index in [-0.39, 0.29) is 6.17 Å².